The van der Waals surface area contributed by atoms with E-state index in [-0.39, 0.29) is 11.5 Å². The van der Waals surface area contributed by atoms with E-state index in [9.17, 15) is 14.7 Å². The second-order valence-corrected chi connectivity index (χ2v) is 7.75. The van der Waals surface area contributed by atoms with Gasteiger partial charge in [-0.1, -0.05) is 0 Å². The lowest BCUT2D eigenvalue weighted by molar-refractivity contribution is -0.118. The number of amides is 1. The molecule has 0 radical (unpaired) electrons. The van der Waals surface area contributed by atoms with Crippen molar-refractivity contribution in [3.05, 3.63) is 16.0 Å². The molecular formula is C13H17NO3S2. The highest BCUT2D eigenvalue weighted by molar-refractivity contribution is 8.01. The molecule has 1 aliphatic heterocycles. The Balaban J connectivity index is 2.26. The summed E-state index contributed by atoms with van der Waals surface area (Å²) in [6.45, 7) is 5.57. The van der Waals surface area contributed by atoms with Crippen LogP contribution in [0.1, 0.15) is 40.6 Å². The average Bonchev–Trinajstić information content (AvgIpc) is 2.86. The lowest BCUT2D eigenvalue weighted by atomic mass is 10.0. The number of aryl methyl sites for hydroxylation is 1. The first-order valence-corrected chi connectivity index (χ1v) is 7.94. The molecule has 4 nitrogen and oxygen atoms in total. The fourth-order valence-electron chi connectivity index (χ4n) is 2.17. The van der Waals surface area contributed by atoms with Gasteiger partial charge < -0.3 is 10.4 Å². The number of aromatic carboxylic acids is 1. The molecule has 1 aliphatic rings. The molecule has 1 amide bonds. The lowest BCUT2D eigenvalue weighted by Crippen LogP contribution is -2.34. The highest BCUT2D eigenvalue weighted by atomic mass is 32.2. The van der Waals surface area contributed by atoms with Crippen molar-refractivity contribution in [3.8, 4) is 0 Å². The second-order valence-electron chi connectivity index (χ2n) is 4.93. The van der Waals surface area contributed by atoms with Crippen LogP contribution in [-0.4, -0.2) is 27.5 Å². The Kier molecular flexibility index (Phi) is 3.92. The summed E-state index contributed by atoms with van der Waals surface area (Å²) >= 11 is 2.98. The average molecular weight is 299 g/mol. The zero-order valence-electron chi connectivity index (χ0n) is 11.2. The smallest absolute Gasteiger partial charge is 0.338 e. The number of hydrogen-bond acceptors (Lipinski definition) is 4. The summed E-state index contributed by atoms with van der Waals surface area (Å²) in [6, 6.07) is 0. The molecule has 19 heavy (non-hydrogen) atoms. The van der Waals surface area contributed by atoms with Crippen molar-refractivity contribution < 1.29 is 14.7 Å². The van der Waals surface area contributed by atoms with Crippen LogP contribution in [0.25, 0.3) is 0 Å². The molecule has 0 aliphatic carbocycles. The van der Waals surface area contributed by atoms with E-state index < -0.39 is 10.7 Å². The van der Waals surface area contributed by atoms with Gasteiger partial charge in [0, 0.05) is 4.88 Å². The number of carboxylic acids is 1. The maximum absolute atomic E-state index is 12.3. The van der Waals surface area contributed by atoms with Gasteiger partial charge in [-0.05, 0) is 44.9 Å². The number of carboxylic acid groups (broad SMARTS) is 1. The number of hydrogen-bond donors (Lipinski definition) is 2. The molecule has 2 N–H and O–H groups in total. The number of nitrogens with one attached hydrogen (secondary N) is 1. The molecular weight excluding hydrogens is 282 g/mol. The highest BCUT2D eigenvalue weighted by Gasteiger charge is 2.38. The number of rotatable bonds is 3. The number of thioether (sulfide) groups is 1. The molecule has 0 bridgehead atoms. The molecule has 1 aromatic heterocycles. The Labute approximate surface area is 120 Å². The summed E-state index contributed by atoms with van der Waals surface area (Å²) in [5.74, 6) is -0.0850. The Morgan fingerprint density at radius 3 is 2.58 bits per heavy atom. The zero-order valence-corrected chi connectivity index (χ0v) is 12.8. The van der Waals surface area contributed by atoms with Crippen LogP contribution in [0.4, 0.5) is 5.00 Å². The summed E-state index contributed by atoms with van der Waals surface area (Å²) < 4.78 is -0.429. The van der Waals surface area contributed by atoms with Gasteiger partial charge in [-0.2, -0.15) is 0 Å². The first kappa shape index (κ1) is 14.4. The molecule has 1 unspecified atom stereocenters. The molecule has 2 heterocycles. The predicted octanol–water partition coefficient (Wildman–Crippen LogP) is 3.29. The van der Waals surface area contributed by atoms with E-state index in [1.807, 2.05) is 13.8 Å². The van der Waals surface area contributed by atoms with Crippen LogP contribution in [0, 0.1) is 13.8 Å². The molecule has 0 saturated carbocycles. The fourth-order valence-corrected chi connectivity index (χ4v) is 4.42. The van der Waals surface area contributed by atoms with Crippen molar-refractivity contribution in [1.29, 1.82) is 0 Å². The van der Waals surface area contributed by atoms with Crippen LogP contribution < -0.4 is 5.32 Å². The van der Waals surface area contributed by atoms with E-state index in [4.69, 9.17) is 0 Å². The maximum Gasteiger partial charge on any atom is 0.338 e. The van der Waals surface area contributed by atoms with E-state index in [0.717, 1.165) is 29.0 Å². The van der Waals surface area contributed by atoms with Crippen molar-refractivity contribution in [3.63, 3.8) is 0 Å². The fraction of sp³-hybridized carbons (Fsp3) is 0.538. The SMILES string of the molecule is Cc1sc(NC(=O)C2(C)CCCS2)c(C(=O)O)c1C. The van der Waals surface area contributed by atoms with Gasteiger partial charge in [0.15, 0.2) is 0 Å². The van der Waals surface area contributed by atoms with Crippen molar-refractivity contribution >= 4 is 40.0 Å². The number of carbonyl (C=O) groups is 2. The predicted molar refractivity (Wildman–Crippen MR) is 79.5 cm³/mol. The third-order valence-corrected chi connectivity index (χ3v) is 6.17. The first-order valence-electron chi connectivity index (χ1n) is 6.14. The van der Waals surface area contributed by atoms with Crippen molar-refractivity contribution in [2.75, 3.05) is 11.1 Å². The minimum absolute atomic E-state index is 0.0845. The van der Waals surface area contributed by atoms with Gasteiger partial charge in [0.1, 0.15) is 5.00 Å². The Bertz CT molecular complexity index is 530. The molecule has 1 aromatic rings. The van der Waals surface area contributed by atoms with E-state index in [1.54, 1.807) is 18.7 Å². The summed E-state index contributed by atoms with van der Waals surface area (Å²) in [7, 11) is 0. The van der Waals surface area contributed by atoms with Crippen molar-refractivity contribution in [2.45, 2.75) is 38.4 Å². The quantitative estimate of drug-likeness (QED) is 0.899. The molecule has 6 heteroatoms. The van der Waals surface area contributed by atoms with Gasteiger partial charge in [0.05, 0.1) is 10.3 Å². The molecule has 2 rings (SSSR count). The van der Waals surface area contributed by atoms with Crippen LogP contribution >= 0.6 is 23.1 Å². The van der Waals surface area contributed by atoms with Gasteiger partial charge in [-0.3, -0.25) is 4.79 Å². The topological polar surface area (TPSA) is 66.4 Å². The number of carbonyl (C=O) groups excluding carboxylic acids is 1. The van der Waals surface area contributed by atoms with Crippen molar-refractivity contribution in [2.24, 2.45) is 0 Å². The minimum atomic E-state index is -0.985. The van der Waals surface area contributed by atoms with Gasteiger partial charge in [0.25, 0.3) is 0 Å². The van der Waals surface area contributed by atoms with E-state index in [2.05, 4.69) is 5.32 Å². The lowest BCUT2D eigenvalue weighted by Gasteiger charge is -2.21. The van der Waals surface area contributed by atoms with Crippen LogP contribution in [0.15, 0.2) is 0 Å². The Hall–Kier alpha value is -1.01. The summed E-state index contributed by atoms with van der Waals surface area (Å²) in [5.41, 5.74) is 0.958. The van der Waals surface area contributed by atoms with Gasteiger partial charge in [-0.15, -0.1) is 23.1 Å². The van der Waals surface area contributed by atoms with Crippen LogP contribution in [-0.2, 0) is 4.79 Å². The first-order chi connectivity index (χ1) is 8.85. The van der Waals surface area contributed by atoms with E-state index in [1.165, 1.54) is 11.3 Å². The monoisotopic (exact) mass is 299 g/mol. The number of anilines is 1. The molecule has 104 valence electrons. The molecule has 0 aromatic carbocycles. The van der Waals surface area contributed by atoms with Crippen LogP contribution in [0.3, 0.4) is 0 Å². The van der Waals surface area contributed by atoms with E-state index in [0.29, 0.717) is 5.00 Å². The van der Waals surface area contributed by atoms with Crippen molar-refractivity contribution in [1.82, 2.24) is 0 Å². The van der Waals surface area contributed by atoms with Crippen LogP contribution in [0.5, 0.6) is 0 Å². The largest absolute Gasteiger partial charge is 0.478 e. The Morgan fingerprint density at radius 2 is 2.05 bits per heavy atom. The third kappa shape index (κ3) is 2.65. The highest BCUT2D eigenvalue weighted by Crippen LogP contribution is 2.40. The second kappa shape index (κ2) is 5.17. The normalized spacial score (nSPS) is 22.5. The molecule has 1 fully saturated rings. The summed E-state index contributed by atoms with van der Waals surface area (Å²) in [5, 5.41) is 12.5. The summed E-state index contributed by atoms with van der Waals surface area (Å²) in [6.07, 6.45) is 1.87. The number of thiophene rings is 1. The molecule has 0 spiro atoms. The zero-order chi connectivity index (χ0) is 14.2. The molecule has 1 atom stereocenters. The van der Waals surface area contributed by atoms with Gasteiger partial charge in [-0.25, -0.2) is 4.79 Å². The van der Waals surface area contributed by atoms with Gasteiger partial charge in [0.2, 0.25) is 5.91 Å². The van der Waals surface area contributed by atoms with Gasteiger partial charge >= 0.3 is 5.97 Å². The third-order valence-electron chi connectivity index (χ3n) is 3.53. The summed E-state index contributed by atoms with van der Waals surface area (Å²) in [4.78, 5) is 24.5. The van der Waals surface area contributed by atoms with Crippen LogP contribution in [0.2, 0.25) is 0 Å². The van der Waals surface area contributed by atoms with E-state index >= 15 is 0 Å². The standard InChI is InChI=1S/C13H17NO3S2/c1-7-8(2)19-10(9(7)11(15)16)14-12(17)13(3)5-4-6-18-13/h4-6H2,1-3H3,(H,14,17)(H,15,16). The minimum Gasteiger partial charge on any atom is -0.478 e. The molecule has 1 saturated heterocycles. The maximum atomic E-state index is 12.3. The Morgan fingerprint density at radius 1 is 1.37 bits per heavy atom.